The predicted molar refractivity (Wildman–Crippen MR) is 131 cm³/mol. The maximum Gasteiger partial charge on any atom is 0.222 e. The van der Waals surface area contributed by atoms with Gasteiger partial charge < -0.3 is 29.2 Å². The van der Waals surface area contributed by atoms with Gasteiger partial charge in [-0.05, 0) is 43.5 Å². The first-order chi connectivity index (χ1) is 16.7. The van der Waals surface area contributed by atoms with Gasteiger partial charge in [-0.2, -0.15) is 0 Å². The van der Waals surface area contributed by atoms with Crippen LogP contribution in [0, 0.1) is 0 Å². The molecule has 5 heterocycles. The molecule has 5 rings (SSSR count). The summed E-state index contributed by atoms with van der Waals surface area (Å²) in [7, 11) is 1.97. The highest BCUT2D eigenvalue weighted by molar-refractivity contribution is 5.98. The molecule has 0 radical (unpaired) electrons. The number of hydrogen-bond donors (Lipinski definition) is 2. The summed E-state index contributed by atoms with van der Waals surface area (Å²) in [5.74, 6) is 0.320. The van der Waals surface area contributed by atoms with Crippen LogP contribution in [0.15, 0.2) is 24.5 Å². The van der Waals surface area contributed by atoms with Crippen LogP contribution >= 0.6 is 0 Å². The Kier molecular flexibility index (Phi) is 6.13. The lowest BCUT2D eigenvalue weighted by Gasteiger charge is -2.35. The van der Waals surface area contributed by atoms with Gasteiger partial charge >= 0.3 is 0 Å². The Morgan fingerprint density at radius 1 is 1.34 bits per heavy atom. The van der Waals surface area contributed by atoms with Gasteiger partial charge in [0.05, 0.1) is 55.1 Å². The summed E-state index contributed by atoms with van der Waals surface area (Å²) in [6.45, 7) is 7.21. The van der Waals surface area contributed by atoms with E-state index in [9.17, 15) is 9.90 Å². The molecule has 1 fully saturated rings. The van der Waals surface area contributed by atoms with Crippen molar-refractivity contribution in [1.82, 2.24) is 14.5 Å². The molecule has 0 saturated carbocycles. The zero-order chi connectivity index (χ0) is 24.8. The highest BCUT2D eigenvalue weighted by Gasteiger charge is 2.44. The fourth-order valence-electron chi connectivity index (χ4n) is 4.86. The molecule has 1 amide bonds. The van der Waals surface area contributed by atoms with Gasteiger partial charge in [0.15, 0.2) is 0 Å². The summed E-state index contributed by atoms with van der Waals surface area (Å²) in [6.07, 6.45) is 5.29. The minimum atomic E-state index is -0.659. The first-order valence-corrected chi connectivity index (χ1v) is 11.9. The molecule has 2 aliphatic heterocycles. The van der Waals surface area contributed by atoms with Crippen LogP contribution in [0.2, 0.25) is 0 Å². The average Bonchev–Trinajstić information content (AvgIpc) is 3.42. The number of aromatic nitrogens is 3. The summed E-state index contributed by atoms with van der Waals surface area (Å²) < 4.78 is 20.2. The van der Waals surface area contributed by atoms with Crippen molar-refractivity contribution < 1.29 is 24.1 Å². The van der Waals surface area contributed by atoms with Gasteiger partial charge in [0, 0.05) is 44.1 Å². The molecule has 1 unspecified atom stereocenters. The summed E-state index contributed by atoms with van der Waals surface area (Å²) in [4.78, 5) is 21.1. The minimum Gasteiger partial charge on any atom is -0.393 e. The normalized spacial score (nSPS) is 19.9. The zero-order valence-electron chi connectivity index (χ0n) is 20.7. The smallest absolute Gasteiger partial charge is 0.222 e. The monoisotopic (exact) mass is 480 g/mol. The molecule has 0 aromatic carbocycles. The fraction of sp³-hybridized carbons (Fsp3) is 0.500. The van der Waals surface area contributed by atoms with Gasteiger partial charge in [-0.15, -0.1) is 0 Å². The SMILES string of the molecule is CC(=O)Nc1cc2c(-c3cc(COC(C)(C)CO)c4c(n3)C3(CCOC3)OCC4)cn(C)c2cn1. The Labute approximate surface area is 204 Å². The van der Waals surface area contributed by atoms with Gasteiger partial charge in [0.1, 0.15) is 11.4 Å². The fourth-order valence-corrected chi connectivity index (χ4v) is 4.86. The van der Waals surface area contributed by atoms with Crippen molar-refractivity contribution >= 4 is 22.6 Å². The Balaban J connectivity index is 1.67. The Bertz CT molecular complexity index is 1280. The van der Waals surface area contributed by atoms with Gasteiger partial charge in [-0.3, -0.25) is 4.79 Å². The Hall–Kier alpha value is -2.85. The van der Waals surface area contributed by atoms with E-state index in [1.54, 1.807) is 6.20 Å². The lowest BCUT2D eigenvalue weighted by Crippen LogP contribution is -2.38. The van der Waals surface area contributed by atoms with Crippen LogP contribution in [0.1, 0.15) is 44.0 Å². The van der Waals surface area contributed by atoms with E-state index >= 15 is 0 Å². The summed E-state index contributed by atoms with van der Waals surface area (Å²) in [5, 5.41) is 13.4. The second kappa shape index (κ2) is 8.98. The summed E-state index contributed by atoms with van der Waals surface area (Å²) >= 11 is 0. The number of anilines is 1. The number of hydrogen-bond acceptors (Lipinski definition) is 7. The number of ether oxygens (including phenoxy) is 3. The molecule has 186 valence electrons. The number of aliphatic hydroxyl groups is 1. The molecule has 9 nitrogen and oxygen atoms in total. The van der Waals surface area contributed by atoms with Gasteiger partial charge in [0.2, 0.25) is 5.91 Å². The molecule has 9 heteroatoms. The van der Waals surface area contributed by atoms with E-state index in [-0.39, 0.29) is 12.5 Å². The van der Waals surface area contributed by atoms with Gasteiger partial charge in [0.25, 0.3) is 0 Å². The quantitative estimate of drug-likeness (QED) is 0.558. The summed E-state index contributed by atoms with van der Waals surface area (Å²) in [5.41, 5.74) is 4.53. The third-order valence-corrected chi connectivity index (χ3v) is 6.82. The molecule has 1 atom stereocenters. The molecular formula is C26H32N4O5. The standard InChI is InChI=1S/C26H32N4O5/c1-16(32)28-23-10-19-20(12-30(4)22(19)11-27-23)21-9-17(13-35-25(2,3)14-31)18-5-7-34-26(24(18)29-21)6-8-33-15-26/h9-12,31H,5-8,13-15H2,1-4H3,(H,27,28,32). The van der Waals surface area contributed by atoms with Crippen LogP contribution < -0.4 is 5.32 Å². The number of amides is 1. The maximum atomic E-state index is 11.6. The number of nitrogens with zero attached hydrogens (tertiary/aromatic N) is 3. The molecule has 3 aromatic rings. The Morgan fingerprint density at radius 2 is 2.17 bits per heavy atom. The first-order valence-electron chi connectivity index (χ1n) is 11.9. The molecule has 2 aliphatic rings. The first kappa shape index (κ1) is 23.9. The van der Waals surface area contributed by atoms with E-state index in [1.165, 1.54) is 6.92 Å². The van der Waals surface area contributed by atoms with E-state index in [2.05, 4.69) is 16.4 Å². The van der Waals surface area contributed by atoms with E-state index in [1.807, 2.05) is 37.7 Å². The Morgan fingerprint density at radius 3 is 2.89 bits per heavy atom. The zero-order valence-corrected chi connectivity index (χ0v) is 20.7. The van der Waals surface area contributed by atoms with Crippen LogP contribution in [-0.4, -0.2) is 57.6 Å². The van der Waals surface area contributed by atoms with Crippen LogP contribution in [0.5, 0.6) is 0 Å². The highest BCUT2D eigenvalue weighted by atomic mass is 16.6. The highest BCUT2D eigenvalue weighted by Crippen LogP contribution is 2.42. The molecule has 0 bridgehead atoms. The number of carbonyl (C=O) groups is 1. The molecule has 3 aromatic heterocycles. The van der Waals surface area contributed by atoms with Crippen LogP contribution in [0.25, 0.3) is 22.2 Å². The number of pyridine rings is 2. The largest absolute Gasteiger partial charge is 0.393 e. The molecule has 0 aliphatic carbocycles. The van der Waals surface area contributed by atoms with E-state index in [4.69, 9.17) is 19.2 Å². The molecular weight excluding hydrogens is 448 g/mol. The topological polar surface area (TPSA) is 108 Å². The van der Waals surface area contributed by atoms with Crippen molar-refractivity contribution in [3.05, 3.63) is 41.3 Å². The molecule has 1 spiro atoms. The van der Waals surface area contributed by atoms with Gasteiger partial charge in [-0.1, -0.05) is 0 Å². The van der Waals surface area contributed by atoms with Crippen molar-refractivity contribution in [1.29, 1.82) is 0 Å². The van der Waals surface area contributed by atoms with Crippen LogP contribution in [0.3, 0.4) is 0 Å². The lowest BCUT2D eigenvalue weighted by atomic mass is 9.87. The van der Waals surface area contributed by atoms with E-state index in [0.717, 1.165) is 51.8 Å². The average molecular weight is 481 g/mol. The summed E-state index contributed by atoms with van der Waals surface area (Å²) in [6, 6.07) is 3.96. The third kappa shape index (κ3) is 4.45. The predicted octanol–water partition coefficient (Wildman–Crippen LogP) is 3.07. The maximum absolute atomic E-state index is 11.6. The van der Waals surface area contributed by atoms with Crippen LogP contribution in [0.4, 0.5) is 5.82 Å². The lowest BCUT2D eigenvalue weighted by molar-refractivity contribution is -0.114. The second-order valence-corrected chi connectivity index (χ2v) is 10.0. The second-order valence-electron chi connectivity index (χ2n) is 10.0. The van der Waals surface area contributed by atoms with Crippen molar-refractivity contribution in [3.8, 4) is 11.3 Å². The van der Waals surface area contributed by atoms with E-state index in [0.29, 0.717) is 32.2 Å². The molecule has 35 heavy (non-hydrogen) atoms. The van der Waals surface area contributed by atoms with E-state index < -0.39 is 11.2 Å². The van der Waals surface area contributed by atoms with Crippen molar-refractivity contribution in [2.45, 2.75) is 51.4 Å². The number of aryl methyl sites for hydroxylation is 1. The number of carbonyl (C=O) groups excluding carboxylic acids is 1. The third-order valence-electron chi connectivity index (χ3n) is 6.82. The van der Waals surface area contributed by atoms with Crippen molar-refractivity contribution in [2.75, 3.05) is 31.7 Å². The van der Waals surface area contributed by atoms with Crippen molar-refractivity contribution in [2.24, 2.45) is 7.05 Å². The molecule has 2 N–H and O–H groups in total. The number of nitrogens with one attached hydrogen (secondary N) is 1. The van der Waals surface area contributed by atoms with Gasteiger partial charge in [-0.25, -0.2) is 9.97 Å². The minimum absolute atomic E-state index is 0.0731. The number of fused-ring (bicyclic) bond motifs is 3. The molecule has 1 saturated heterocycles. The number of rotatable bonds is 6. The number of aliphatic hydroxyl groups excluding tert-OH is 1. The van der Waals surface area contributed by atoms with Crippen LogP contribution in [-0.2, 0) is 44.7 Å². The van der Waals surface area contributed by atoms with Crippen molar-refractivity contribution in [3.63, 3.8) is 0 Å².